The van der Waals surface area contributed by atoms with Crippen LogP contribution in [-0.4, -0.2) is 96.9 Å². The summed E-state index contributed by atoms with van der Waals surface area (Å²) < 4.78 is 205. The molecule has 6 aromatic rings. The van der Waals surface area contributed by atoms with Crippen molar-refractivity contribution in [1.82, 2.24) is 0 Å². The highest BCUT2D eigenvalue weighted by Gasteiger charge is 2.62. The quantitative estimate of drug-likeness (QED) is 0.0121. The molecule has 8 fully saturated rings. The van der Waals surface area contributed by atoms with Gasteiger partial charge in [-0.05, 0) is 272 Å². The highest BCUT2D eigenvalue weighted by atomic mass is 32.2. The molecule has 0 radical (unpaired) electrons. The van der Waals surface area contributed by atoms with Gasteiger partial charge < -0.3 is 25.0 Å². The van der Waals surface area contributed by atoms with Gasteiger partial charge in [-0.3, -0.25) is 22.7 Å². The van der Waals surface area contributed by atoms with Crippen LogP contribution in [0.2, 0.25) is 0 Å². The number of hydrogen-bond acceptors (Lipinski definition) is 14. The number of carbonyl (C=O) groups excluding carboxylic acids is 4. The molecule has 1 amide bonds. The number of phenolic OH excluding ortho intramolecular Hbond substituents is 2. The van der Waals surface area contributed by atoms with Crippen molar-refractivity contribution in [2.24, 2.45) is 52.8 Å². The standard InChI is InChI=1S/C48H58F5NO7S.C17H17F5O4S.C15H22O2.C8H8O.C8H8.3CH4/c1-29(2)20-42(47(49,50)51)61-62(58,59)48(52,53)43(56)54-40-16-12-33(13-17-40)30(3)21-36(35-14-18-41(55)19-15-35)27-37(34-10-8-7-9-11-34)28-45(4,5)44(57)60-46(6)38-23-31-22-32(25-38)26-39(46)24-31;1-4-12-5-7-13(8-6-12)10-14(23)17(21,22)27(24,25)26-15(9-11(2)3)16(18,19)20;1-9(2)14(16)17-15(3)12-5-10-4-11(7-12)8-13(15)6-10;1-2-7-3-5-8(9)6-4-7;1-2-8-6-4-3-5-7-8;;;/h7-19,30-32,36-39,42,55H,1,20-28H2,2-6H3,(H,54,56);4-8,15H,1-2,9-10H2,3H3;10-13H,1,4-8H2,2-3H3;2-6,9H,1H2;2-7H,1H2;3*1H4. The predicted molar refractivity (Wildman–Crippen MR) is 478 cm³/mol. The highest BCUT2D eigenvalue weighted by Crippen LogP contribution is 2.61. The Kier molecular flexibility index (Phi) is 37.8. The molecule has 8 aliphatic rings. The summed E-state index contributed by atoms with van der Waals surface area (Å²) in [5, 5.41) is 10.3. The molecule has 126 heavy (non-hydrogen) atoms. The van der Waals surface area contributed by atoms with E-state index in [1.54, 1.807) is 54.7 Å². The number of ether oxygens (including phenoxy) is 2. The number of ketones is 1. The van der Waals surface area contributed by atoms with Gasteiger partial charge in [-0.2, -0.15) is 60.7 Å². The molecular formula is C99H125F10NO14S2. The molecule has 5 atom stereocenters. The lowest BCUT2D eigenvalue weighted by Gasteiger charge is -2.59. The van der Waals surface area contributed by atoms with Gasteiger partial charge >= 0.3 is 60.9 Å². The zero-order chi connectivity index (χ0) is 91.2. The molecule has 8 saturated carbocycles. The predicted octanol–water partition coefficient (Wildman–Crippen LogP) is 25.7. The molecule has 8 bridgehead atoms. The number of rotatable bonds is 31. The molecule has 15 nitrogen and oxygen atoms in total. The molecule has 3 N–H and O–H groups in total. The molecule has 0 spiro atoms. The molecule has 0 aliphatic heterocycles. The average Bonchev–Trinajstić information content (AvgIpc) is 0.732. The minimum absolute atomic E-state index is 0. The van der Waals surface area contributed by atoms with Gasteiger partial charge in [0.05, 0.1) is 5.41 Å². The number of Topliss-reactive ketones (excluding diaryl/α,β-unsaturated/α-hetero) is 1. The van der Waals surface area contributed by atoms with Crippen LogP contribution in [0.15, 0.2) is 214 Å². The molecule has 14 rings (SSSR count). The molecule has 0 aromatic heterocycles. The smallest absolute Gasteiger partial charge is 0.447 e. The maximum atomic E-state index is 14.9. The van der Waals surface area contributed by atoms with Crippen LogP contribution in [0.4, 0.5) is 49.6 Å². The lowest BCUT2D eigenvalue weighted by molar-refractivity contribution is -0.211. The minimum Gasteiger partial charge on any atom is -0.508 e. The van der Waals surface area contributed by atoms with Crippen LogP contribution in [0.5, 0.6) is 11.5 Å². The summed E-state index contributed by atoms with van der Waals surface area (Å²) in [6.07, 6.45) is -0.915. The largest absolute Gasteiger partial charge is 0.508 e. The Labute approximate surface area is 738 Å². The second kappa shape index (κ2) is 44.5. The zero-order valence-electron chi connectivity index (χ0n) is 70.7. The number of aromatic hydroxyl groups is 2. The van der Waals surface area contributed by atoms with Crippen LogP contribution in [0.1, 0.15) is 231 Å². The Bertz CT molecular complexity index is 4850. The summed E-state index contributed by atoms with van der Waals surface area (Å²) in [7, 11) is -12.6. The fourth-order valence-corrected chi connectivity index (χ4v) is 19.9. The van der Waals surface area contributed by atoms with Crippen LogP contribution in [0.25, 0.3) is 18.2 Å². The van der Waals surface area contributed by atoms with Gasteiger partial charge in [-0.1, -0.05) is 206 Å². The van der Waals surface area contributed by atoms with Crippen molar-refractivity contribution in [3.05, 3.63) is 253 Å². The fourth-order valence-electron chi connectivity index (χ4n) is 18.1. The molecular weight excluding hydrogens is 1680 g/mol. The molecule has 6 aromatic carbocycles. The van der Waals surface area contributed by atoms with E-state index in [4.69, 9.17) is 14.6 Å². The van der Waals surface area contributed by atoms with E-state index in [1.165, 1.54) is 86.6 Å². The number of esters is 2. The third kappa shape index (κ3) is 28.0. The summed E-state index contributed by atoms with van der Waals surface area (Å²) in [6.45, 7) is 35.1. The summed E-state index contributed by atoms with van der Waals surface area (Å²) in [5.41, 5.74) is 4.17. The average molecular weight is 1810 g/mol. The number of benzene rings is 6. The fraction of sp³-hybridized carbons (Fsp3) is 0.475. The van der Waals surface area contributed by atoms with Gasteiger partial charge in [0, 0.05) is 30.5 Å². The number of phenols is 2. The van der Waals surface area contributed by atoms with Gasteiger partial charge in [-0.15, -0.1) is 13.2 Å². The summed E-state index contributed by atoms with van der Waals surface area (Å²) >= 11 is 0. The summed E-state index contributed by atoms with van der Waals surface area (Å²) in [4.78, 5) is 50.4. The molecule has 0 heterocycles. The van der Waals surface area contributed by atoms with Crippen LogP contribution < -0.4 is 5.32 Å². The van der Waals surface area contributed by atoms with Crippen molar-refractivity contribution in [1.29, 1.82) is 0 Å². The lowest BCUT2D eigenvalue weighted by atomic mass is 9.50. The van der Waals surface area contributed by atoms with E-state index in [1.807, 2.05) is 99.6 Å². The van der Waals surface area contributed by atoms with Crippen LogP contribution in [0, 0.1) is 52.8 Å². The SMILES string of the molecule is C.C.C.C=C(C)C(=O)OC1(C)C2CC3CC(C2)CC1C3.C=C(C)CC(OS(=O)(=O)C(F)(F)C(=O)Nc1ccc(C(C)CC(CC(CC(C)(C)C(=O)OC2(C)C3CC4CC(C3)CC2C4)c2ccccc2)c2ccc(O)cc2)cc1)C(F)(F)F.C=Cc1ccc(CC(=O)C(F)(F)S(=O)(=O)OC(CC(=C)C)C(F)(F)F)cc1.C=Cc1ccc(O)cc1.C=Cc1ccccc1. The summed E-state index contributed by atoms with van der Waals surface area (Å²) in [5.74, 6) is 0.457. The van der Waals surface area contributed by atoms with Crippen molar-refractivity contribution in [2.75, 3.05) is 5.32 Å². The first-order valence-corrected chi connectivity index (χ1v) is 43.9. The first-order valence-electron chi connectivity index (χ1n) is 41.1. The topological polar surface area (TPSA) is 226 Å². The van der Waals surface area contributed by atoms with Crippen LogP contribution in [0.3, 0.4) is 0 Å². The molecule has 0 saturated heterocycles. The Morgan fingerprint density at radius 1 is 0.484 bits per heavy atom. The van der Waals surface area contributed by atoms with Gasteiger partial charge in [0.1, 0.15) is 22.7 Å². The van der Waals surface area contributed by atoms with Gasteiger partial charge in [-0.25, -0.2) is 4.79 Å². The number of alkyl halides is 10. The van der Waals surface area contributed by atoms with Crippen molar-refractivity contribution in [2.45, 2.75) is 244 Å². The molecule has 5 unspecified atom stereocenters. The van der Waals surface area contributed by atoms with Crippen molar-refractivity contribution >= 4 is 67.8 Å². The first kappa shape index (κ1) is 107. The van der Waals surface area contributed by atoms with Crippen molar-refractivity contribution < 1.29 is 108 Å². The maximum Gasteiger partial charge on any atom is 0.447 e. The number of amides is 1. The monoisotopic (exact) mass is 1810 g/mol. The van der Waals surface area contributed by atoms with Gasteiger partial charge in [0.25, 0.3) is 0 Å². The Morgan fingerprint density at radius 3 is 1.22 bits per heavy atom. The van der Waals surface area contributed by atoms with E-state index < -0.39 is 97.3 Å². The first-order chi connectivity index (χ1) is 57.3. The Hall–Kier alpha value is -9.44. The second-order valence-corrected chi connectivity index (χ2v) is 38.2. The number of halogens is 10. The van der Waals surface area contributed by atoms with Crippen LogP contribution in [-0.2, 0) is 63.7 Å². The Morgan fingerprint density at radius 2 is 0.841 bits per heavy atom. The van der Waals surface area contributed by atoms with E-state index >= 15 is 0 Å². The third-order valence-corrected chi connectivity index (χ3v) is 27.3. The number of nitrogens with one attached hydrogen (secondary N) is 1. The Balaban J connectivity index is 0.000000355. The van der Waals surface area contributed by atoms with E-state index in [0.717, 1.165) is 85.5 Å². The number of anilines is 1. The van der Waals surface area contributed by atoms with Gasteiger partial charge in [0.2, 0.25) is 5.78 Å². The van der Waals surface area contributed by atoms with Crippen molar-refractivity contribution in [3.63, 3.8) is 0 Å². The molecule has 8 aliphatic carbocycles. The number of hydrogen-bond donors (Lipinski definition) is 3. The van der Waals surface area contributed by atoms with E-state index in [0.29, 0.717) is 59.8 Å². The highest BCUT2D eigenvalue weighted by molar-refractivity contribution is 7.89. The van der Waals surface area contributed by atoms with E-state index in [-0.39, 0.29) is 85.7 Å². The second-order valence-electron chi connectivity index (χ2n) is 34.9. The van der Waals surface area contributed by atoms with Gasteiger partial charge in [0.15, 0.2) is 12.2 Å². The number of carbonyl (C=O) groups is 4. The minimum atomic E-state index is -6.38. The zero-order valence-corrected chi connectivity index (χ0v) is 72.3. The molecule has 692 valence electrons. The molecule has 27 heteroatoms. The van der Waals surface area contributed by atoms with Crippen LogP contribution >= 0.6 is 0 Å². The summed E-state index contributed by atoms with van der Waals surface area (Å²) in [6, 6.07) is 45.2. The van der Waals surface area contributed by atoms with Crippen molar-refractivity contribution in [3.8, 4) is 11.5 Å². The maximum absolute atomic E-state index is 14.9. The normalized spacial score (nSPS) is 22.5. The van der Waals surface area contributed by atoms with E-state index in [9.17, 15) is 85.0 Å². The third-order valence-electron chi connectivity index (χ3n) is 24.6. The van der Waals surface area contributed by atoms with E-state index in [2.05, 4.69) is 73.8 Å². The lowest BCUT2D eigenvalue weighted by Crippen LogP contribution is -2.58.